The molecule has 0 aliphatic carbocycles. The summed E-state index contributed by atoms with van der Waals surface area (Å²) in [5.41, 5.74) is 5.24. The number of halogens is 1. The molecule has 100 valence electrons. The second-order valence-corrected chi connectivity index (χ2v) is 3.44. The summed E-state index contributed by atoms with van der Waals surface area (Å²) in [6.07, 6.45) is 0. The SMILES string of the molecule is COCCOCCOC(=O)c1cccc(F)c1N. The van der Waals surface area contributed by atoms with Crippen LogP contribution in [-0.2, 0) is 14.2 Å². The number of anilines is 1. The molecule has 0 fully saturated rings. The summed E-state index contributed by atoms with van der Waals surface area (Å²) in [5, 5.41) is 0. The highest BCUT2D eigenvalue weighted by Gasteiger charge is 2.13. The van der Waals surface area contributed by atoms with E-state index in [0.717, 1.165) is 0 Å². The van der Waals surface area contributed by atoms with Crippen LogP contribution in [0.1, 0.15) is 10.4 Å². The number of esters is 1. The number of carbonyl (C=O) groups excluding carboxylic acids is 1. The summed E-state index contributed by atoms with van der Waals surface area (Å²) in [6.45, 7) is 1.24. The van der Waals surface area contributed by atoms with Crippen LogP contribution >= 0.6 is 0 Å². The number of para-hydroxylation sites is 1. The number of nitrogens with two attached hydrogens (primary N) is 1. The van der Waals surface area contributed by atoms with Crippen LogP contribution in [0.2, 0.25) is 0 Å². The summed E-state index contributed by atoms with van der Waals surface area (Å²) in [4.78, 5) is 11.6. The van der Waals surface area contributed by atoms with Gasteiger partial charge in [0.15, 0.2) is 0 Å². The lowest BCUT2D eigenvalue weighted by molar-refractivity contribution is 0.0214. The van der Waals surface area contributed by atoms with E-state index in [9.17, 15) is 9.18 Å². The van der Waals surface area contributed by atoms with Gasteiger partial charge < -0.3 is 19.9 Å². The van der Waals surface area contributed by atoms with Crippen molar-refractivity contribution in [3.63, 3.8) is 0 Å². The standard InChI is InChI=1S/C12H16FNO4/c1-16-5-6-17-7-8-18-12(15)9-3-2-4-10(13)11(9)14/h2-4H,5-8,14H2,1H3. The number of nitrogen functional groups attached to an aromatic ring is 1. The summed E-state index contributed by atoms with van der Waals surface area (Å²) >= 11 is 0. The third-order valence-electron chi connectivity index (χ3n) is 2.17. The normalized spacial score (nSPS) is 10.3. The van der Waals surface area contributed by atoms with E-state index < -0.39 is 11.8 Å². The number of hydrogen-bond acceptors (Lipinski definition) is 5. The van der Waals surface area contributed by atoms with E-state index in [1.54, 1.807) is 7.11 Å². The van der Waals surface area contributed by atoms with Gasteiger partial charge in [0.25, 0.3) is 0 Å². The van der Waals surface area contributed by atoms with Gasteiger partial charge in [-0.05, 0) is 12.1 Å². The molecule has 18 heavy (non-hydrogen) atoms. The van der Waals surface area contributed by atoms with Crippen molar-refractivity contribution < 1.29 is 23.4 Å². The summed E-state index contributed by atoms with van der Waals surface area (Å²) in [7, 11) is 1.57. The number of methoxy groups -OCH3 is 1. The van der Waals surface area contributed by atoms with Crippen LogP contribution in [0.15, 0.2) is 18.2 Å². The van der Waals surface area contributed by atoms with E-state index >= 15 is 0 Å². The molecule has 0 amide bonds. The molecule has 0 atom stereocenters. The van der Waals surface area contributed by atoms with Crippen molar-refractivity contribution in [3.8, 4) is 0 Å². The molecule has 0 bridgehead atoms. The Morgan fingerprint density at radius 2 is 2.00 bits per heavy atom. The third kappa shape index (κ3) is 4.31. The zero-order valence-electron chi connectivity index (χ0n) is 10.1. The number of carbonyl (C=O) groups is 1. The summed E-state index contributed by atoms with van der Waals surface area (Å²) < 4.78 is 27.9. The van der Waals surface area contributed by atoms with Gasteiger partial charge in [-0.2, -0.15) is 0 Å². The molecule has 1 aromatic carbocycles. The molecule has 0 heterocycles. The van der Waals surface area contributed by atoms with Gasteiger partial charge in [-0.25, -0.2) is 9.18 Å². The Morgan fingerprint density at radius 3 is 2.72 bits per heavy atom. The topological polar surface area (TPSA) is 70.8 Å². The molecule has 6 heteroatoms. The lowest BCUT2D eigenvalue weighted by Gasteiger charge is -2.07. The molecule has 0 aliphatic heterocycles. The second kappa shape index (κ2) is 7.62. The van der Waals surface area contributed by atoms with Crippen molar-refractivity contribution in [2.75, 3.05) is 39.3 Å². The molecule has 0 aliphatic rings. The van der Waals surface area contributed by atoms with Crippen LogP contribution in [0, 0.1) is 5.82 Å². The van der Waals surface area contributed by atoms with E-state index in [2.05, 4.69) is 0 Å². The van der Waals surface area contributed by atoms with Gasteiger partial charge in [-0.15, -0.1) is 0 Å². The molecule has 0 saturated heterocycles. The first-order chi connectivity index (χ1) is 8.66. The van der Waals surface area contributed by atoms with Gasteiger partial charge in [0.1, 0.15) is 12.4 Å². The predicted molar refractivity (Wildman–Crippen MR) is 63.8 cm³/mol. The van der Waals surface area contributed by atoms with Crippen LogP contribution in [0.3, 0.4) is 0 Å². The highest BCUT2D eigenvalue weighted by atomic mass is 19.1. The van der Waals surface area contributed by atoms with Gasteiger partial charge in [-0.3, -0.25) is 0 Å². The van der Waals surface area contributed by atoms with Crippen molar-refractivity contribution in [2.24, 2.45) is 0 Å². The Bertz CT molecular complexity index is 398. The largest absolute Gasteiger partial charge is 0.460 e. The van der Waals surface area contributed by atoms with E-state index in [0.29, 0.717) is 13.2 Å². The quantitative estimate of drug-likeness (QED) is 0.452. The van der Waals surface area contributed by atoms with E-state index in [-0.39, 0.29) is 24.5 Å². The van der Waals surface area contributed by atoms with E-state index in [1.807, 2.05) is 0 Å². The first-order valence-electron chi connectivity index (χ1n) is 5.44. The zero-order chi connectivity index (χ0) is 13.4. The molecular weight excluding hydrogens is 241 g/mol. The molecule has 0 saturated carbocycles. The average molecular weight is 257 g/mol. The monoisotopic (exact) mass is 257 g/mol. The molecule has 1 aromatic rings. The Morgan fingerprint density at radius 1 is 1.28 bits per heavy atom. The molecule has 0 unspecified atom stereocenters. The Kier molecular flexibility index (Phi) is 6.10. The molecule has 1 rings (SSSR count). The first kappa shape index (κ1) is 14.4. The maximum Gasteiger partial charge on any atom is 0.340 e. The summed E-state index contributed by atoms with van der Waals surface area (Å²) in [6, 6.07) is 3.99. The second-order valence-electron chi connectivity index (χ2n) is 3.44. The molecule has 2 N–H and O–H groups in total. The molecule has 5 nitrogen and oxygen atoms in total. The third-order valence-corrected chi connectivity index (χ3v) is 2.17. The lowest BCUT2D eigenvalue weighted by atomic mass is 10.2. The van der Waals surface area contributed by atoms with Crippen LogP contribution in [0.5, 0.6) is 0 Å². The van der Waals surface area contributed by atoms with Crippen LogP contribution in [0.4, 0.5) is 10.1 Å². The van der Waals surface area contributed by atoms with Crippen LogP contribution in [-0.4, -0.2) is 39.5 Å². The lowest BCUT2D eigenvalue weighted by Crippen LogP contribution is -2.14. The summed E-state index contributed by atoms with van der Waals surface area (Å²) in [5.74, 6) is -1.30. The van der Waals surface area contributed by atoms with Crippen molar-refractivity contribution in [1.29, 1.82) is 0 Å². The number of ether oxygens (including phenoxy) is 3. The number of rotatable bonds is 7. The fraction of sp³-hybridized carbons (Fsp3) is 0.417. The maximum absolute atomic E-state index is 13.1. The highest BCUT2D eigenvalue weighted by molar-refractivity contribution is 5.95. The molecular formula is C12H16FNO4. The van der Waals surface area contributed by atoms with Crippen molar-refractivity contribution in [1.82, 2.24) is 0 Å². The molecule has 0 radical (unpaired) electrons. The van der Waals surface area contributed by atoms with E-state index in [1.165, 1.54) is 18.2 Å². The fourth-order valence-electron chi connectivity index (χ4n) is 1.23. The fourth-order valence-corrected chi connectivity index (χ4v) is 1.23. The minimum absolute atomic E-state index is 0.0203. The van der Waals surface area contributed by atoms with Gasteiger partial charge in [0.05, 0.1) is 31.1 Å². The highest BCUT2D eigenvalue weighted by Crippen LogP contribution is 2.16. The molecule has 0 aromatic heterocycles. The Balaban J connectivity index is 2.35. The average Bonchev–Trinajstić information content (AvgIpc) is 2.36. The van der Waals surface area contributed by atoms with Crippen LogP contribution < -0.4 is 5.73 Å². The molecule has 0 spiro atoms. The van der Waals surface area contributed by atoms with Crippen molar-refractivity contribution >= 4 is 11.7 Å². The minimum atomic E-state index is -0.664. The zero-order valence-corrected chi connectivity index (χ0v) is 10.1. The van der Waals surface area contributed by atoms with Crippen molar-refractivity contribution in [2.45, 2.75) is 0 Å². The number of hydrogen-bond donors (Lipinski definition) is 1. The van der Waals surface area contributed by atoms with Crippen LogP contribution in [0.25, 0.3) is 0 Å². The van der Waals surface area contributed by atoms with Gasteiger partial charge in [-0.1, -0.05) is 6.07 Å². The predicted octanol–water partition coefficient (Wildman–Crippen LogP) is 1.23. The maximum atomic E-state index is 13.1. The number of benzene rings is 1. The Labute approximate surface area is 105 Å². The minimum Gasteiger partial charge on any atom is -0.460 e. The van der Waals surface area contributed by atoms with Gasteiger partial charge >= 0.3 is 5.97 Å². The Hall–Kier alpha value is -1.66. The first-order valence-corrected chi connectivity index (χ1v) is 5.44. The smallest absolute Gasteiger partial charge is 0.340 e. The van der Waals surface area contributed by atoms with Gasteiger partial charge in [0.2, 0.25) is 0 Å². The van der Waals surface area contributed by atoms with Crippen molar-refractivity contribution in [3.05, 3.63) is 29.6 Å². The van der Waals surface area contributed by atoms with Gasteiger partial charge in [0, 0.05) is 7.11 Å². The van der Waals surface area contributed by atoms with E-state index in [4.69, 9.17) is 19.9 Å².